The van der Waals surface area contributed by atoms with E-state index in [1.807, 2.05) is 23.1 Å². The van der Waals surface area contributed by atoms with Crippen LogP contribution < -0.4 is 0 Å². The quantitative estimate of drug-likeness (QED) is 0.726. The van der Waals surface area contributed by atoms with Crippen LogP contribution in [0.15, 0.2) is 52.0 Å². The van der Waals surface area contributed by atoms with Crippen LogP contribution in [-0.2, 0) is 16.2 Å². The summed E-state index contributed by atoms with van der Waals surface area (Å²) in [4.78, 5) is 20.6. The summed E-state index contributed by atoms with van der Waals surface area (Å²) in [5.74, 6) is 0.994. The molecule has 2 aromatic rings. The number of hydrogen-bond acceptors (Lipinski definition) is 4. The van der Waals surface area contributed by atoms with Crippen molar-refractivity contribution in [3.05, 3.63) is 59.0 Å². The van der Waals surface area contributed by atoms with Gasteiger partial charge in [0, 0.05) is 18.9 Å². The predicted molar refractivity (Wildman–Crippen MR) is 104 cm³/mol. The lowest BCUT2D eigenvalue weighted by Gasteiger charge is -2.27. The summed E-state index contributed by atoms with van der Waals surface area (Å²) in [5, 5.41) is 4.48. The summed E-state index contributed by atoms with van der Waals surface area (Å²) in [6.07, 6.45) is 4.69. The highest BCUT2D eigenvalue weighted by Crippen LogP contribution is 2.28. The molecule has 0 bridgehead atoms. The van der Waals surface area contributed by atoms with Crippen LogP contribution >= 0.6 is 11.6 Å². The molecule has 6 heteroatoms. The molecule has 0 unspecified atom stereocenters. The van der Waals surface area contributed by atoms with E-state index in [4.69, 9.17) is 20.9 Å². The number of benzene rings is 1. The monoisotopic (exact) mass is 386 g/mol. The van der Waals surface area contributed by atoms with Crippen molar-refractivity contribution in [2.75, 3.05) is 6.54 Å². The zero-order valence-electron chi connectivity index (χ0n) is 15.1. The molecule has 1 atom stereocenters. The topological polar surface area (TPSA) is 55.0 Å². The minimum Gasteiger partial charge on any atom is -0.443 e. The summed E-state index contributed by atoms with van der Waals surface area (Å²) in [5.41, 5.74) is 1.86. The zero-order chi connectivity index (χ0) is 18.6. The van der Waals surface area contributed by atoms with E-state index in [0.29, 0.717) is 30.5 Å². The number of oxime groups is 1. The molecule has 2 aliphatic rings. The van der Waals surface area contributed by atoms with Gasteiger partial charge in [0.1, 0.15) is 5.71 Å². The summed E-state index contributed by atoms with van der Waals surface area (Å²) in [7, 11) is 0. The number of rotatable bonds is 6. The van der Waals surface area contributed by atoms with Crippen molar-refractivity contribution < 1.29 is 14.0 Å². The summed E-state index contributed by atoms with van der Waals surface area (Å²) >= 11 is 5.85. The first-order valence-electron chi connectivity index (χ1n) is 9.50. The number of furan rings is 1. The van der Waals surface area contributed by atoms with Gasteiger partial charge in [-0.3, -0.25) is 4.79 Å². The van der Waals surface area contributed by atoms with Gasteiger partial charge < -0.3 is 14.2 Å². The smallest absolute Gasteiger partial charge is 0.226 e. The standard InChI is InChI=1S/C21H23ClN2O3/c22-20-11-10-19(26-20)18-12-17(27-23-18)14-24(13-15-6-2-1-3-7-15)21(25)16-8-4-5-9-16/h1-3,6-7,10-11,16-17H,4-5,8-9,12-14H2/t17-/m0/s1. The third-order valence-corrected chi connectivity index (χ3v) is 5.45. The highest BCUT2D eigenvalue weighted by molar-refractivity contribution is 6.29. The Labute approximate surface area is 163 Å². The third-order valence-electron chi connectivity index (χ3n) is 5.25. The molecule has 1 amide bonds. The van der Waals surface area contributed by atoms with Crippen molar-refractivity contribution in [1.82, 2.24) is 4.90 Å². The van der Waals surface area contributed by atoms with Gasteiger partial charge in [-0.25, -0.2) is 0 Å². The Kier molecular flexibility index (Phi) is 5.48. The number of nitrogens with zero attached hydrogens (tertiary/aromatic N) is 2. The summed E-state index contributed by atoms with van der Waals surface area (Å²) in [6.45, 7) is 1.11. The highest BCUT2D eigenvalue weighted by atomic mass is 35.5. The van der Waals surface area contributed by atoms with E-state index < -0.39 is 0 Å². The second-order valence-corrected chi connectivity index (χ2v) is 7.63. The number of hydrogen-bond donors (Lipinski definition) is 0. The van der Waals surface area contributed by atoms with Gasteiger partial charge in [0.05, 0.1) is 6.54 Å². The maximum absolute atomic E-state index is 13.1. The first-order valence-corrected chi connectivity index (χ1v) is 9.88. The van der Waals surface area contributed by atoms with Gasteiger partial charge in [0.15, 0.2) is 17.1 Å². The van der Waals surface area contributed by atoms with Gasteiger partial charge in [-0.15, -0.1) is 0 Å². The van der Waals surface area contributed by atoms with E-state index in [9.17, 15) is 4.79 Å². The van der Waals surface area contributed by atoms with Gasteiger partial charge in [0.25, 0.3) is 0 Å². The largest absolute Gasteiger partial charge is 0.443 e. The molecular weight excluding hydrogens is 364 g/mol. The minimum atomic E-state index is -0.169. The molecule has 0 spiro atoms. The average molecular weight is 387 g/mol. The Balaban J connectivity index is 1.43. The SMILES string of the molecule is O=C(C1CCCC1)N(Cc1ccccc1)C[C@@H]1CC(c2ccc(Cl)o2)=NO1. The molecule has 1 aromatic carbocycles. The molecule has 1 aromatic heterocycles. The molecule has 1 aliphatic carbocycles. The number of carbonyl (C=O) groups excluding carboxylic acids is 1. The summed E-state index contributed by atoms with van der Waals surface area (Å²) < 4.78 is 5.42. The molecular formula is C21H23ClN2O3. The average Bonchev–Trinajstić information content (AvgIpc) is 3.43. The lowest BCUT2D eigenvalue weighted by Crippen LogP contribution is -2.40. The second kappa shape index (κ2) is 8.17. The van der Waals surface area contributed by atoms with E-state index in [2.05, 4.69) is 17.3 Å². The van der Waals surface area contributed by atoms with Gasteiger partial charge in [-0.1, -0.05) is 48.3 Å². The minimum absolute atomic E-state index is 0.138. The maximum Gasteiger partial charge on any atom is 0.226 e. The van der Waals surface area contributed by atoms with Gasteiger partial charge in [0.2, 0.25) is 5.91 Å². The molecule has 1 aliphatic heterocycles. The summed E-state index contributed by atoms with van der Waals surface area (Å²) in [6, 6.07) is 13.6. The Morgan fingerprint density at radius 3 is 2.63 bits per heavy atom. The van der Waals surface area contributed by atoms with E-state index in [-0.39, 0.29) is 17.9 Å². The fourth-order valence-corrected chi connectivity index (χ4v) is 4.00. The van der Waals surface area contributed by atoms with Gasteiger partial charge in [-0.2, -0.15) is 0 Å². The molecule has 5 nitrogen and oxygen atoms in total. The van der Waals surface area contributed by atoms with Crippen LogP contribution in [0, 0.1) is 5.92 Å². The fraction of sp³-hybridized carbons (Fsp3) is 0.429. The van der Waals surface area contributed by atoms with E-state index in [1.54, 1.807) is 12.1 Å². The molecule has 0 radical (unpaired) electrons. The maximum atomic E-state index is 13.1. The predicted octanol–water partition coefficient (Wildman–Crippen LogP) is 4.65. The van der Waals surface area contributed by atoms with Crippen LogP contribution in [0.3, 0.4) is 0 Å². The Morgan fingerprint density at radius 2 is 1.93 bits per heavy atom. The van der Waals surface area contributed by atoms with Gasteiger partial charge >= 0.3 is 0 Å². The van der Waals surface area contributed by atoms with Crippen LogP contribution in [-0.4, -0.2) is 29.2 Å². The molecule has 2 heterocycles. The molecule has 4 rings (SSSR count). The lowest BCUT2D eigenvalue weighted by atomic mass is 10.0. The Morgan fingerprint density at radius 1 is 1.15 bits per heavy atom. The van der Waals surface area contributed by atoms with Crippen LogP contribution in [0.4, 0.5) is 0 Å². The molecule has 27 heavy (non-hydrogen) atoms. The van der Waals surface area contributed by atoms with E-state index in [0.717, 1.165) is 37.0 Å². The molecule has 142 valence electrons. The second-order valence-electron chi connectivity index (χ2n) is 7.26. The number of carbonyl (C=O) groups is 1. The van der Waals surface area contributed by atoms with Crippen molar-refractivity contribution in [3.8, 4) is 0 Å². The van der Waals surface area contributed by atoms with Crippen molar-refractivity contribution in [2.45, 2.75) is 44.8 Å². The molecule has 0 N–H and O–H groups in total. The third kappa shape index (κ3) is 4.35. The Bertz CT molecular complexity index is 812. The zero-order valence-corrected chi connectivity index (χ0v) is 15.9. The first-order chi connectivity index (χ1) is 13.2. The fourth-order valence-electron chi connectivity index (χ4n) is 3.85. The molecule has 1 saturated carbocycles. The van der Waals surface area contributed by atoms with Crippen molar-refractivity contribution >= 4 is 23.2 Å². The number of amides is 1. The van der Waals surface area contributed by atoms with Gasteiger partial charge in [-0.05, 0) is 42.1 Å². The highest BCUT2D eigenvalue weighted by Gasteiger charge is 2.32. The Hall–Kier alpha value is -2.27. The van der Waals surface area contributed by atoms with Crippen molar-refractivity contribution in [2.24, 2.45) is 11.1 Å². The van der Waals surface area contributed by atoms with Crippen LogP contribution in [0.25, 0.3) is 0 Å². The van der Waals surface area contributed by atoms with Crippen LogP contribution in [0.1, 0.15) is 43.4 Å². The molecule has 1 fully saturated rings. The van der Waals surface area contributed by atoms with Crippen molar-refractivity contribution in [3.63, 3.8) is 0 Å². The normalized spacial score (nSPS) is 19.7. The first kappa shape index (κ1) is 18.1. The van der Waals surface area contributed by atoms with Crippen LogP contribution in [0.2, 0.25) is 5.22 Å². The lowest BCUT2D eigenvalue weighted by molar-refractivity contribution is -0.137. The van der Waals surface area contributed by atoms with E-state index in [1.165, 1.54) is 0 Å². The number of halogens is 1. The molecule has 0 saturated heterocycles. The van der Waals surface area contributed by atoms with Crippen molar-refractivity contribution in [1.29, 1.82) is 0 Å². The van der Waals surface area contributed by atoms with E-state index >= 15 is 0 Å². The van der Waals surface area contributed by atoms with Crippen LogP contribution in [0.5, 0.6) is 0 Å².